The number of nitrogens with zero attached hydrogens (tertiary/aromatic N) is 4. The first-order valence-electron chi connectivity index (χ1n) is 12.4. The second kappa shape index (κ2) is 13.1. The van der Waals surface area contributed by atoms with Crippen LogP contribution in [0.5, 0.6) is 0 Å². The fourth-order valence-electron chi connectivity index (χ4n) is 4.05. The van der Waals surface area contributed by atoms with Gasteiger partial charge in [-0.3, -0.25) is 14.8 Å². The summed E-state index contributed by atoms with van der Waals surface area (Å²) >= 11 is 1.39. The van der Waals surface area contributed by atoms with E-state index in [-0.39, 0.29) is 30.7 Å². The highest BCUT2D eigenvalue weighted by molar-refractivity contribution is 7.09. The van der Waals surface area contributed by atoms with Crippen molar-refractivity contribution in [2.45, 2.75) is 39.0 Å². The van der Waals surface area contributed by atoms with E-state index in [1.54, 1.807) is 22.7 Å². The molecule has 2 N–H and O–H groups in total. The number of aliphatic hydroxyl groups excluding tert-OH is 1. The Morgan fingerprint density at radius 3 is 2.47 bits per heavy atom. The fraction of sp³-hybridized carbons (Fsp3) is 0.321. The van der Waals surface area contributed by atoms with Gasteiger partial charge in [0.25, 0.3) is 5.91 Å². The summed E-state index contributed by atoms with van der Waals surface area (Å²) in [5, 5.41) is 14.1. The average molecular weight is 534 g/mol. The standard InChI is InChI=1S/C28H31N5O4S/c1-19(2)15-33(27(35)25-14-30-22-10-6-7-11-23(22)31-25)16-26(34)24(12-20-8-4-3-5-9-20)32-28(36)37-17-21-13-29-18-38-21/h3-11,13-14,18-19,24,26,34H,12,15-17H2,1-2H3,(H,32,36)/t24?,26-/m1/s1. The molecule has 9 nitrogen and oxygen atoms in total. The Bertz CT molecular complexity index is 1330. The topological polar surface area (TPSA) is 118 Å². The Kier molecular flexibility index (Phi) is 9.34. The molecule has 2 aromatic heterocycles. The Labute approximate surface area is 225 Å². The molecule has 0 fully saturated rings. The highest BCUT2D eigenvalue weighted by Crippen LogP contribution is 2.15. The molecule has 0 radical (unpaired) electrons. The summed E-state index contributed by atoms with van der Waals surface area (Å²) in [6, 6.07) is 16.2. The van der Waals surface area contributed by atoms with Crippen LogP contribution in [0.1, 0.15) is 34.8 Å². The van der Waals surface area contributed by atoms with Gasteiger partial charge in [0.15, 0.2) is 0 Å². The number of nitrogens with one attached hydrogen (secondary N) is 1. The fourth-order valence-corrected chi connectivity index (χ4v) is 4.56. The van der Waals surface area contributed by atoms with E-state index in [1.807, 2.05) is 62.4 Å². The molecule has 0 saturated carbocycles. The van der Waals surface area contributed by atoms with Crippen molar-refractivity contribution in [1.29, 1.82) is 0 Å². The summed E-state index contributed by atoms with van der Waals surface area (Å²) in [7, 11) is 0. The van der Waals surface area contributed by atoms with Crippen molar-refractivity contribution in [2.24, 2.45) is 5.92 Å². The van der Waals surface area contributed by atoms with Gasteiger partial charge in [-0.2, -0.15) is 0 Å². The number of thiazole rings is 1. The number of para-hydroxylation sites is 2. The smallest absolute Gasteiger partial charge is 0.407 e. The van der Waals surface area contributed by atoms with Crippen LogP contribution in [-0.2, 0) is 17.8 Å². The summed E-state index contributed by atoms with van der Waals surface area (Å²) < 4.78 is 5.34. The number of aliphatic hydroxyl groups is 1. The molecule has 0 aliphatic carbocycles. The molecule has 10 heteroatoms. The predicted octanol–water partition coefficient (Wildman–Crippen LogP) is 4.08. The normalized spacial score (nSPS) is 12.7. The monoisotopic (exact) mass is 533 g/mol. The van der Waals surface area contributed by atoms with Gasteiger partial charge in [-0.1, -0.05) is 56.3 Å². The van der Waals surface area contributed by atoms with E-state index in [0.29, 0.717) is 24.0 Å². The maximum Gasteiger partial charge on any atom is 0.407 e. The van der Waals surface area contributed by atoms with Crippen molar-refractivity contribution >= 4 is 34.4 Å². The number of aromatic nitrogens is 3. The molecule has 2 atom stereocenters. The van der Waals surface area contributed by atoms with Crippen molar-refractivity contribution in [2.75, 3.05) is 13.1 Å². The average Bonchev–Trinajstić information content (AvgIpc) is 3.44. The van der Waals surface area contributed by atoms with Gasteiger partial charge >= 0.3 is 6.09 Å². The molecule has 0 spiro atoms. The van der Waals surface area contributed by atoms with E-state index in [0.717, 1.165) is 10.4 Å². The highest BCUT2D eigenvalue weighted by atomic mass is 32.1. The first-order chi connectivity index (χ1) is 18.4. The van der Waals surface area contributed by atoms with Gasteiger partial charge < -0.3 is 20.1 Å². The van der Waals surface area contributed by atoms with E-state index in [1.165, 1.54) is 17.5 Å². The van der Waals surface area contributed by atoms with Crippen LogP contribution in [0.25, 0.3) is 11.0 Å². The van der Waals surface area contributed by atoms with Crippen molar-refractivity contribution in [3.8, 4) is 0 Å². The molecule has 2 amide bonds. The Balaban J connectivity index is 1.50. The van der Waals surface area contributed by atoms with Gasteiger partial charge in [0, 0.05) is 19.3 Å². The molecule has 0 bridgehead atoms. The number of alkyl carbamates (subject to hydrolysis) is 1. The minimum absolute atomic E-state index is 0.00184. The lowest BCUT2D eigenvalue weighted by Gasteiger charge is -2.31. The molecule has 0 saturated heterocycles. The van der Waals surface area contributed by atoms with Gasteiger partial charge in [0.05, 0.1) is 39.8 Å². The Morgan fingerprint density at radius 1 is 1.03 bits per heavy atom. The number of benzene rings is 2. The second-order valence-corrected chi connectivity index (χ2v) is 10.4. The van der Waals surface area contributed by atoms with E-state index < -0.39 is 18.2 Å². The van der Waals surface area contributed by atoms with Gasteiger partial charge in [-0.15, -0.1) is 11.3 Å². The first kappa shape index (κ1) is 27.2. The number of fused-ring (bicyclic) bond motifs is 1. The molecule has 4 rings (SSSR count). The summed E-state index contributed by atoms with van der Waals surface area (Å²) in [5.41, 5.74) is 4.12. The number of hydrogen-bond acceptors (Lipinski definition) is 8. The van der Waals surface area contributed by atoms with Crippen LogP contribution in [0, 0.1) is 5.92 Å². The van der Waals surface area contributed by atoms with E-state index in [4.69, 9.17) is 4.74 Å². The van der Waals surface area contributed by atoms with Gasteiger partial charge in [0.1, 0.15) is 12.3 Å². The van der Waals surface area contributed by atoms with Crippen LogP contribution < -0.4 is 5.32 Å². The first-order valence-corrected chi connectivity index (χ1v) is 13.3. The SMILES string of the molecule is CC(C)CN(C[C@@H](O)C(Cc1ccccc1)NC(=O)OCc1cncs1)C(=O)c1cnc2ccccc2n1. The van der Waals surface area contributed by atoms with Crippen molar-refractivity contribution in [1.82, 2.24) is 25.2 Å². The lowest BCUT2D eigenvalue weighted by Crippen LogP contribution is -2.51. The van der Waals surface area contributed by atoms with Crippen LogP contribution in [-0.4, -0.2) is 62.2 Å². The van der Waals surface area contributed by atoms with Crippen LogP contribution in [0.2, 0.25) is 0 Å². The molecule has 2 aromatic carbocycles. The van der Waals surface area contributed by atoms with Gasteiger partial charge in [0.2, 0.25) is 0 Å². The van der Waals surface area contributed by atoms with Crippen LogP contribution in [0.3, 0.4) is 0 Å². The third kappa shape index (κ3) is 7.56. The molecule has 0 aliphatic rings. The summed E-state index contributed by atoms with van der Waals surface area (Å²) in [4.78, 5) is 41.3. The van der Waals surface area contributed by atoms with Crippen molar-refractivity contribution in [3.05, 3.63) is 88.6 Å². The van der Waals surface area contributed by atoms with E-state index in [9.17, 15) is 14.7 Å². The zero-order chi connectivity index (χ0) is 26.9. The summed E-state index contributed by atoms with van der Waals surface area (Å²) in [6.07, 6.45) is 1.74. The molecule has 38 heavy (non-hydrogen) atoms. The lowest BCUT2D eigenvalue weighted by atomic mass is 10.0. The zero-order valence-corrected chi connectivity index (χ0v) is 22.2. The number of amides is 2. The third-order valence-corrected chi connectivity index (χ3v) is 6.60. The molecule has 4 aromatic rings. The largest absolute Gasteiger partial charge is 0.444 e. The molecular formula is C28H31N5O4S. The quantitative estimate of drug-likeness (QED) is 0.298. The second-order valence-electron chi connectivity index (χ2n) is 9.40. The Morgan fingerprint density at radius 2 is 1.76 bits per heavy atom. The van der Waals surface area contributed by atoms with Crippen LogP contribution >= 0.6 is 11.3 Å². The summed E-state index contributed by atoms with van der Waals surface area (Å²) in [5.74, 6) is -0.188. The highest BCUT2D eigenvalue weighted by Gasteiger charge is 2.28. The van der Waals surface area contributed by atoms with Gasteiger partial charge in [-0.05, 0) is 30.0 Å². The van der Waals surface area contributed by atoms with Crippen molar-refractivity contribution < 1.29 is 19.4 Å². The van der Waals surface area contributed by atoms with Gasteiger partial charge in [-0.25, -0.2) is 9.78 Å². The maximum absolute atomic E-state index is 13.5. The van der Waals surface area contributed by atoms with E-state index >= 15 is 0 Å². The molecule has 2 heterocycles. The third-order valence-electron chi connectivity index (χ3n) is 5.84. The Hall–Kier alpha value is -3.89. The minimum atomic E-state index is -1.07. The van der Waals surface area contributed by atoms with E-state index in [2.05, 4.69) is 20.3 Å². The molecule has 0 aliphatic heterocycles. The number of hydrogen-bond donors (Lipinski definition) is 2. The minimum Gasteiger partial charge on any atom is -0.444 e. The molecule has 198 valence electrons. The predicted molar refractivity (Wildman–Crippen MR) is 146 cm³/mol. The number of carbonyl (C=O) groups is 2. The van der Waals surface area contributed by atoms with Crippen molar-refractivity contribution in [3.63, 3.8) is 0 Å². The zero-order valence-electron chi connectivity index (χ0n) is 21.4. The summed E-state index contributed by atoms with van der Waals surface area (Å²) in [6.45, 7) is 4.48. The molecule has 1 unspecified atom stereocenters. The number of carbonyl (C=O) groups excluding carboxylic acids is 2. The number of rotatable bonds is 11. The van der Waals surface area contributed by atoms with Crippen LogP contribution in [0.15, 0.2) is 72.5 Å². The maximum atomic E-state index is 13.5. The lowest BCUT2D eigenvalue weighted by molar-refractivity contribution is 0.0489. The van der Waals surface area contributed by atoms with Crippen LogP contribution in [0.4, 0.5) is 4.79 Å². The molecular weight excluding hydrogens is 502 g/mol. The number of ether oxygens (including phenoxy) is 1.